The van der Waals surface area contributed by atoms with Crippen LogP contribution in [0.2, 0.25) is 0 Å². The number of alkyl carbamates (subject to hydrolysis) is 1. The van der Waals surface area contributed by atoms with Gasteiger partial charge in [0.2, 0.25) is 0 Å². The van der Waals surface area contributed by atoms with E-state index in [1.54, 1.807) is 39.0 Å². The largest absolute Gasteiger partial charge is 0.497 e. The predicted octanol–water partition coefficient (Wildman–Crippen LogP) is 2.16. The number of carbonyl (C=O) groups is 2. The Hall–Kier alpha value is -3.41. The Kier molecular flexibility index (Phi) is 8.62. The number of hydrogen-bond donors (Lipinski definition) is 3. The standard InChI is InChI=1S/C19H26N4O5/c1-19(2,3)28-18(25)22-9-8-21-12-13(11-20)17(24)23-15-10-14(26-4)6-7-16(15)27-5/h6-7,10,12,21H,8-9H2,1-5H3,(H,22,25)(H,23,24)/b13-12-. The van der Waals surface area contributed by atoms with Crippen LogP contribution in [0.25, 0.3) is 0 Å². The lowest BCUT2D eigenvalue weighted by molar-refractivity contribution is -0.112. The van der Waals surface area contributed by atoms with E-state index in [1.807, 2.05) is 6.07 Å². The van der Waals surface area contributed by atoms with Crippen molar-refractivity contribution in [2.45, 2.75) is 26.4 Å². The van der Waals surface area contributed by atoms with E-state index in [1.165, 1.54) is 20.4 Å². The number of nitriles is 1. The minimum Gasteiger partial charge on any atom is -0.497 e. The average molecular weight is 390 g/mol. The van der Waals surface area contributed by atoms with E-state index in [2.05, 4.69) is 16.0 Å². The summed E-state index contributed by atoms with van der Waals surface area (Å²) in [6.45, 7) is 5.86. The number of nitrogens with zero attached hydrogens (tertiary/aromatic N) is 1. The first-order chi connectivity index (χ1) is 13.2. The monoisotopic (exact) mass is 390 g/mol. The number of methoxy groups -OCH3 is 2. The molecule has 0 aliphatic heterocycles. The molecule has 0 saturated carbocycles. The summed E-state index contributed by atoms with van der Waals surface area (Å²) in [6, 6.07) is 6.74. The van der Waals surface area contributed by atoms with Crippen molar-refractivity contribution in [2.24, 2.45) is 0 Å². The van der Waals surface area contributed by atoms with Crippen molar-refractivity contribution in [1.29, 1.82) is 5.26 Å². The van der Waals surface area contributed by atoms with Gasteiger partial charge in [-0.2, -0.15) is 5.26 Å². The summed E-state index contributed by atoms with van der Waals surface area (Å²) >= 11 is 0. The van der Waals surface area contributed by atoms with Gasteiger partial charge in [0.1, 0.15) is 28.7 Å². The molecule has 1 rings (SSSR count). The highest BCUT2D eigenvalue weighted by molar-refractivity contribution is 6.07. The number of benzene rings is 1. The molecule has 0 unspecified atom stereocenters. The van der Waals surface area contributed by atoms with Crippen LogP contribution in [0, 0.1) is 11.3 Å². The van der Waals surface area contributed by atoms with Crippen LogP contribution >= 0.6 is 0 Å². The molecule has 0 spiro atoms. The molecule has 0 saturated heterocycles. The van der Waals surface area contributed by atoms with E-state index in [0.29, 0.717) is 23.7 Å². The molecule has 0 aliphatic carbocycles. The van der Waals surface area contributed by atoms with E-state index in [4.69, 9.17) is 14.2 Å². The number of nitrogens with one attached hydrogen (secondary N) is 3. The number of anilines is 1. The van der Waals surface area contributed by atoms with E-state index in [9.17, 15) is 14.9 Å². The normalized spacial score (nSPS) is 11.1. The summed E-state index contributed by atoms with van der Waals surface area (Å²) in [7, 11) is 2.97. The van der Waals surface area contributed by atoms with Gasteiger partial charge >= 0.3 is 6.09 Å². The zero-order valence-corrected chi connectivity index (χ0v) is 16.7. The molecule has 3 N–H and O–H groups in total. The summed E-state index contributed by atoms with van der Waals surface area (Å²) in [5.74, 6) is 0.354. The third kappa shape index (κ3) is 7.86. The molecule has 0 radical (unpaired) electrons. The van der Waals surface area contributed by atoms with Crippen molar-refractivity contribution in [3.05, 3.63) is 30.0 Å². The Bertz CT molecular complexity index is 763. The van der Waals surface area contributed by atoms with Gasteiger partial charge in [0.05, 0.1) is 19.9 Å². The highest BCUT2D eigenvalue weighted by Crippen LogP contribution is 2.29. The molecule has 0 bridgehead atoms. The fourth-order valence-electron chi connectivity index (χ4n) is 1.98. The Morgan fingerprint density at radius 1 is 1.18 bits per heavy atom. The number of carbonyl (C=O) groups excluding carboxylic acids is 2. The zero-order chi connectivity index (χ0) is 21.2. The van der Waals surface area contributed by atoms with Crippen LogP contribution in [0.4, 0.5) is 10.5 Å². The van der Waals surface area contributed by atoms with Crippen LogP contribution in [0.3, 0.4) is 0 Å². The van der Waals surface area contributed by atoms with Gasteiger partial charge in [0.15, 0.2) is 0 Å². The topological polar surface area (TPSA) is 122 Å². The molecule has 28 heavy (non-hydrogen) atoms. The Balaban J connectivity index is 2.60. The van der Waals surface area contributed by atoms with Gasteiger partial charge < -0.3 is 30.2 Å². The maximum Gasteiger partial charge on any atom is 0.407 e. The Morgan fingerprint density at radius 3 is 2.46 bits per heavy atom. The minimum absolute atomic E-state index is 0.137. The zero-order valence-electron chi connectivity index (χ0n) is 16.7. The quantitative estimate of drug-likeness (QED) is 0.353. The van der Waals surface area contributed by atoms with E-state index in [0.717, 1.165) is 0 Å². The molecule has 0 heterocycles. The first kappa shape index (κ1) is 22.6. The second-order valence-corrected chi connectivity index (χ2v) is 6.57. The second kappa shape index (κ2) is 10.7. The molecule has 152 valence electrons. The molecule has 0 atom stereocenters. The lowest BCUT2D eigenvalue weighted by Crippen LogP contribution is -2.35. The number of hydrogen-bond acceptors (Lipinski definition) is 7. The van der Waals surface area contributed by atoms with Crippen LogP contribution < -0.4 is 25.4 Å². The van der Waals surface area contributed by atoms with Crippen molar-refractivity contribution in [1.82, 2.24) is 10.6 Å². The molecular weight excluding hydrogens is 364 g/mol. The Labute approximate surface area is 164 Å². The lowest BCUT2D eigenvalue weighted by atomic mass is 10.2. The van der Waals surface area contributed by atoms with Crippen molar-refractivity contribution >= 4 is 17.7 Å². The first-order valence-electron chi connectivity index (χ1n) is 8.54. The second-order valence-electron chi connectivity index (χ2n) is 6.57. The van der Waals surface area contributed by atoms with Gasteiger partial charge in [-0.05, 0) is 32.9 Å². The van der Waals surface area contributed by atoms with Gasteiger partial charge in [-0.15, -0.1) is 0 Å². The van der Waals surface area contributed by atoms with Crippen LogP contribution in [0.1, 0.15) is 20.8 Å². The highest BCUT2D eigenvalue weighted by atomic mass is 16.6. The van der Waals surface area contributed by atoms with Gasteiger partial charge in [0.25, 0.3) is 5.91 Å². The van der Waals surface area contributed by atoms with Gasteiger partial charge in [-0.3, -0.25) is 4.79 Å². The first-order valence-corrected chi connectivity index (χ1v) is 8.54. The number of rotatable bonds is 8. The molecule has 0 aromatic heterocycles. The van der Waals surface area contributed by atoms with Gasteiger partial charge in [0, 0.05) is 25.4 Å². The summed E-state index contributed by atoms with van der Waals surface area (Å²) in [6.07, 6.45) is 0.736. The van der Waals surface area contributed by atoms with Crippen LogP contribution in [-0.2, 0) is 9.53 Å². The maximum absolute atomic E-state index is 12.3. The molecule has 9 nitrogen and oxygen atoms in total. The van der Waals surface area contributed by atoms with Crippen LogP contribution in [-0.4, -0.2) is 44.9 Å². The molecule has 1 aromatic carbocycles. The number of amides is 2. The maximum atomic E-state index is 12.3. The summed E-state index contributed by atoms with van der Waals surface area (Å²) in [5.41, 5.74) is -0.341. The lowest BCUT2D eigenvalue weighted by Gasteiger charge is -2.19. The Morgan fingerprint density at radius 2 is 1.89 bits per heavy atom. The predicted molar refractivity (Wildman–Crippen MR) is 104 cm³/mol. The fourth-order valence-corrected chi connectivity index (χ4v) is 1.98. The van der Waals surface area contributed by atoms with Crippen LogP contribution in [0.15, 0.2) is 30.0 Å². The van der Waals surface area contributed by atoms with E-state index in [-0.39, 0.29) is 12.1 Å². The van der Waals surface area contributed by atoms with Crippen LogP contribution in [0.5, 0.6) is 11.5 Å². The van der Waals surface area contributed by atoms with E-state index >= 15 is 0 Å². The minimum atomic E-state index is -0.610. The molecule has 0 aliphatic rings. The average Bonchev–Trinajstić information content (AvgIpc) is 2.62. The van der Waals surface area contributed by atoms with E-state index < -0.39 is 17.6 Å². The fraction of sp³-hybridized carbons (Fsp3) is 0.421. The SMILES string of the molecule is COc1ccc(OC)c(NC(=O)/C(C#N)=C\NCCNC(=O)OC(C)(C)C)c1. The molecule has 9 heteroatoms. The van der Waals surface area contributed by atoms with Crippen molar-refractivity contribution < 1.29 is 23.8 Å². The smallest absolute Gasteiger partial charge is 0.407 e. The third-order valence-electron chi connectivity index (χ3n) is 3.20. The summed E-state index contributed by atoms with van der Waals surface area (Å²) in [5, 5.41) is 17.2. The van der Waals surface area contributed by atoms with Gasteiger partial charge in [-0.1, -0.05) is 0 Å². The summed E-state index contributed by atoms with van der Waals surface area (Å²) < 4.78 is 15.4. The highest BCUT2D eigenvalue weighted by Gasteiger charge is 2.15. The van der Waals surface area contributed by atoms with Crippen molar-refractivity contribution in [2.75, 3.05) is 32.6 Å². The third-order valence-corrected chi connectivity index (χ3v) is 3.20. The summed E-state index contributed by atoms with van der Waals surface area (Å²) in [4.78, 5) is 23.8. The van der Waals surface area contributed by atoms with Gasteiger partial charge in [-0.25, -0.2) is 4.79 Å². The number of ether oxygens (including phenoxy) is 3. The molecule has 0 fully saturated rings. The van der Waals surface area contributed by atoms with Crippen molar-refractivity contribution in [3.63, 3.8) is 0 Å². The molecular formula is C19H26N4O5. The van der Waals surface area contributed by atoms with Crippen molar-refractivity contribution in [3.8, 4) is 17.6 Å². The molecule has 1 aromatic rings. The molecule has 2 amide bonds.